The van der Waals surface area contributed by atoms with Crippen LogP contribution in [0.25, 0.3) is 11.1 Å². The molecule has 0 bridgehead atoms. The molecule has 0 aliphatic carbocycles. The topological polar surface area (TPSA) is 100 Å². The number of benzene rings is 2. The fraction of sp³-hybridized carbons (Fsp3) is 0.174. The predicted molar refractivity (Wildman–Crippen MR) is 125 cm³/mol. The molecule has 4 aromatic rings. The Hall–Kier alpha value is -3.62. The summed E-state index contributed by atoms with van der Waals surface area (Å²) in [5.41, 5.74) is 9.42. The highest BCUT2D eigenvalue weighted by Gasteiger charge is 2.15. The van der Waals surface area contributed by atoms with Gasteiger partial charge in [0.1, 0.15) is 11.5 Å². The number of hydrogen-bond acceptors (Lipinski definition) is 7. The Bertz CT molecular complexity index is 1230. The number of rotatable bonds is 8. The number of halogens is 1. The Morgan fingerprint density at radius 2 is 1.94 bits per heavy atom. The van der Waals surface area contributed by atoms with Gasteiger partial charge in [-0.1, -0.05) is 23.7 Å². The summed E-state index contributed by atoms with van der Waals surface area (Å²) in [4.78, 5) is 8.72. The number of methoxy groups -OCH3 is 1. The fourth-order valence-electron chi connectivity index (χ4n) is 3.20. The van der Waals surface area contributed by atoms with Crippen molar-refractivity contribution in [3.8, 4) is 28.6 Å². The van der Waals surface area contributed by atoms with Crippen LogP contribution in [0, 0.1) is 6.92 Å². The first kappa shape index (κ1) is 21.6. The van der Waals surface area contributed by atoms with Gasteiger partial charge in [-0.05, 0) is 48.9 Å². The predicted octanol–water partition coefficient (Wildman–Crippen LogP) is 4.81. The molecule has 3 N–H and O–H groups in total. The van der Waals surface area contributed by atoms with E-state index in [9.17, 15) is 0 Å². The summed E-state index contributed by atoms with van der Waals surface area (Å²) >= 11 is 6.21. The highest BCUT2D eigenvalue weighted by Crippen LogP contribution is 2.34. The van der Waals surface area contributed by atoms with Gasteiger partial charge in [0.05, 0.1) is 18.7 Å². The van der Waals surface area contributed by atoms with Crippen LogP contribution in [-0.4, -0.2) is 33.4 Å². The maximum Gasteiger partial charge on any atom is 0.322 e. The number of hydrogen-bond donors (Lipinski definition) is 2. The van der Waals surface area contributed by atoms with Crippen LogP contribution in [0.4, 0.5) is 11.6 Å². The zero-order valence-corrected chi connectivity index (χ0v) is 18.5. The van der Waals surface area contributed by atoms with Crippen molar-refractivity contribution < 1.29 is 9.47 Å². The summed E-state index contributed by atoms with van der Waals surface area (Å²) in [6.45, 7) is 2.78. The highest BCUT2D eigenvalue weighted by molar-refractivity contribution is 6.32. The third-order valence-electron chi connectivity index (χ3n) is 4.68. The lowest BCUT2D eigenvalue weighted by Crippen LogP contribution is -2.12. The van der Waals surface area contributed by atoms with Gasteiger partial charge in [-0.2, -0.15) is 4.98 Å². The first-order valence-corrected chi connectivity index (χ1v) is 10.4. The van der Waals surface area contributed by atoms with Gasteiger partial charge in [0, 0.05) is 35.8 Å². The Kier molecular flexibility index (Phi) is 6.53. The molecule has 0 aliphatic heterocycles. The molecule has 0 unspecified atom stereocenters. The van der Waals surface area contributed by atoms with Crippen molar-refractivity contribution in [3.63, 3.8) is 0 Å². The first-order valence-electron chi connectivity index (χ1n) is 10.0. The van der Waals surface area contributed by atoms with Crippen LogP contribution in [0.15, 0.2) is 60.8 Å². The molecule has 9 heteroatoms. The van der Waals surface area contributed by atoms with Gasteiger partial charge in [0.25, 0.3) is 0 Å². The van der Waals surface area contributed by atoms with Gasteiger partial charge < -0.3 is 20.5 Å². The van der Waals surface area contributed by atoms with Crippen molar-refractivity contribution in [1.82, 2.24) is 19.7 Å². The normalized spacial score (nSPS) is 10.8. The number of anilines is 2. The van der Waals surface area contributed by atoms with E-state index in [0.29, 0.717) is 35.8 Å². The lowest BCUT2D eigenvalue weighted by molar-refractivity contribution is 0.398. The van der Waals surface area contributed by atoms with Crippen LogP contribution in [0.1, 0.15) is 5.69 Å². The minimum atomic E-state index is 0.293. The maximum atomic E-state index is 6.21. The van der Waals surface area contributed by atoms with Crippen LogP contribution in [0.2, 0.25) is 5.02 Å². The van der Waals surface area contributed by atoms with Gasteiger partial charge in [-0.15, -0.1) is 5.10 Å². The minimum absolute atomic E-state index is 0.293. The lowest BCUT2D eigenvalue weighted by Gasteiger charge is -2.11. The van der Waals surface area contributed by atoms with Crippen molar-refractivity contribution in [2.45, 2.75) is 13.5 Å². The number of aromatic nitrogens is 4. The van der Waals surface area contributed by atoms with E-state index >= 15 is 0 Å². The van der Waals surface area contributed by atoms with Gasteiger partial charge in [-0.3, -0.25) is 4.98 Å². The number of nitrogens with two attached hydrogens (primary N) is 1. The molecule has 0 saturated heterocycles. The molecule has 2 aromatic heterocycles. The summed E-state index contributed by atoms with van der Waals surface area (Å²) in [6, 6.07) is 17.2. The number of aryl methyl sites for hydroxylation is 1. The number of pyridine rings is 1. The molecular formula is C23H23ClN6O2. The average molecular weight is 451 g/mol. The first-order chi connectivity index (χ1) is 15.6. The van der Waals surface area contributed by atoms with Gasteiger partial charge in [0.2, 0.25) is 5.95 Å². The largest absolute Gasteiger partial charge is 0.496 e. The highest BCUT2D eigenvalue weighted by atomic mass is 35.5. The zero-order chi connectivity index (χ0) is 22.5. The quantitative estimate of drug-likeness (QED) is 0.397. The van der Waals surface area contributed by atoms with E-state index in [-0.39, 0.29) is 0 Å². The molecule has 0 atom stereocenters. The summed E-state index contributed by atoms with van der Waals surface area (Å²) in [5, 5.41) is 8.15. The van der Waals surface area contributed by atoms with Crippen molar-refractivity contribution in [2.75, 3.05) is 19.0 Å². The molecule has 2 heterocycles. The standard InChI is InChI=1S/C23H23ClN6O2/c1-15-13-16(9-11-26-15)18-8-7-17(14-21(18)31-2)27-22-28-23(30(29-22)12-10-25)32-20-6-4-3-5-19(20)24/h3-9,11,13-14H,10,12,25H2,1-2H3,(H,27,29). The molecule has 0 fully saturated rings. The van der Waals surface area contributed by atoms with E-state index < -0.39 is 0 Å². The molecule has 0 aliphatic rings. The third kappa shape index (κ3) is 4.82. The van der Waals surface area contributed by atoms with E-state index in [1.165, 1.54) is 0 Å². The molecule has 32 heavy (non-hydrogen) atoms. The number of nitrogens with zero attached hydrogens (tertiary/aromatic N) is 4. The van der Waals surface area contributed by atoms with Crippen molar-refractivity contribution >= 4 is 23.2 Å². The summed E-state index contributed by atoms with van der Waals surface area (Å²) in [5.74, 6) is 1.58. The van der Waals surface area contributed by atoms with Crippen LogP contribution in [-0.2, 0) is 6.54 Å². The van der Waals surface area contributed by atoms with Gasteiger partial charge in [-0.25, -0.2) is 4.68 Å². The third-order valence-corrected chi connectivity index (χ3v) is 4.99. The maximum absolute atomic E-state index is 6.21. The molecular weight excluding hydrogens is 428 g/mol. The second-order valence-electron chi connectivity index (χ2n) is 6.99. The monoisotopic (exact) mass is 450 g/mol. The van der Waals surface area contributed by atoms with Crippen LogP contribution in [0.3, 0.4) is 0 Å². The second-order valence-corrected chi connectivity index (χ2v) is 7.40. The van der Waals surface area contributed by atoms with E-state index in [4.69, 9.17) is 26.8 Å². The number of ether oxygens (including phenoxy) is 2. The summed E-state index contributed by atoms with van der Waals surface area (Å²) < 4.78 is 13.1. The fourth-order valence-corrected chi connectivity index (χ4v) is 3.37. The van der Waals surface area contributed by atoms with Gasteiger partial charge >= 0.3 is 6.01 Å². The number of nitrogens with one attached hydrogen (secondary N) is 1. The summed E-state index contributed by atoms with van der Waals surface area (Å²) in [7, 11) is 1.64. The Morgan fingerprint density at radius 3 is 2.69 bits per heavy atom. The molecule has 0 spiro atoms. The van der Waals surface area contributed by atoms with E-state index in [1.54, 1.807) is 30.1 Å². The second kappa shape index (κ2) is 9.67. The summed E-state index contributed by atoms with van der Waals surface area (Å²) in [6.07, 6.45) is 1.78. The minimum Gasteiger partial charge on any atom is -0.496 e. The Balaban J connectivity index is 1.60. The molecule has 0 saturated carbocycles. The van der Waals surface area contributed by atoms with Gasteiger partial charge in [0.15, 0.2) is 0 Å². The van der Waals surface area contributed by atoms with E-state index in [0.717, 1.165) is 28.3 Å². The molecule has 8 nitrogen and oxygen atoms in total. The smallest absolute Gasteiger partial charge is 0.322 e. The molecule has 0 radical (unpaired) electrons. The van der Waals surface area contributed by atoms with E-state index in [1.807, 2.05) is 49.4 Å². The Morgan fingerprint density at radius 1 is 1.09 bits per heavy atom. The van der Waals surface area contributed by atoms with Crippen LogP contribution < -0.4 is 20.5 Å². The van der Waals surface area contributed by atoms with Crippen molar-refractivity contribution in [3.05, 3.63) is 71.5 Å². The van der Waals surface area contributed by atoms with E-state index in [2.05, 4.69) is 20.4 Å². The Labute approximate surface area is 191 Å². The molecule has 0 amide bonds. The van der Waals surface area contributed by atoms with Crippen molar-refractivity contribution in [2.24, 2.45) is 5.73 Å². The molecule has 164 valence electrons. The lowest BCUT2D eigenvalue weighted by atomic mass is 10.0. The molecule has 4 rings (SSSR count). The van der Waals surface area contributed by atoms with Crippen LogP contribution in [0.5, 0.6) is 17.5 Å². The molecule has 2 aromatic carbocycles. The number of para-hydroxylation sites is 1. The SMILES string of the molecule is COc1cc(Nc2nc(Oc3ccccc3Cl)n(CCN)n2)ccc1-c1ccnc(C)c1. The average Bonchev–Trinajstić information content (AvgIpc) is 3.16. The zero-order valence-electron chi connectivity index (χ0n) is 17.7. The van der Waals surface area contributed by atoms with Crippen LogP contribution >= 0.6 is 11.6 Å². The van der Waals surface area contributed by atoms with Crippen molar-refractivity contribution in [1.29, 1.82) is 0 Å².